The van der Waals surface area contributed by atoms with E-state index in [1.807, 2.05) is 0 Å². The zero-order valence-corrected chi connectivity index (χ0v) is 16.9. The number of hydrogen-bond donors (Lipinski definition) is 2. The first kappa shape index (κ1) is 20.1. The van der Waals surface area contributed by atoms with E-state index < -0.39 is 10.0 Å². The van der Waals surface area contributed by atoms with E-state index in [0.717, 1.165) is 5.56 Å². The molecule has 2 N–H and O–H groups in total. The maximum absolute atomic E-state index is 12.5. The Hall–Kier alpha value is -2.62. The number of amides is 1. The minimum absolute atomic E-state index is 0.0161. The number of carbonyl (C=O) groups excluding carboxylic acids is 1. The fraction of sp³-hybridized carbons (Fsp3) is 0.118. The van der Waals surface area contributed by atoms with Gasteiger partial charge >= 0.3 is 0 Å². The Morgan fingerprint density at radius 1 is 1.11 bits per heavy atom. The molecule has 0 aliphatic heterocycles. The molecule has 0 saturated carbocycles. The lowest BCUT2D eigenvalue weighted by Crippen LogP contribution is -2.14. The number of halogens is 2. The Bertz CT molecular complexity index is 1110. The Morgan fingerprint density at radius 2 is 1.82 bits per heavy atom. The highest BCUT2D eigenvalue weighted by Crippen LogP contribution is 2.23. The van der Waals surface area contributed by atoms with Gasteiger partial charge in [0.1, 0.15) is 6.33 Å². The zero-order valence-electron chi connectivity index (χ0n) is 14.6. The van der Waals surface area contributed by atoms with Crippen LogP contribution in [-0.4, -0.2) is 29.1 Å². The second-order valence-corrected chi connectivity index (χ2v) is 8.32. The number of anilines is 2. The van der Waals surface area contributed by atoms with E-state index in [1.165, 1.54) is 42.2 Å². The molecule has 0 bridgehead atoms. The number of rotatable bonds is 6. The van der Waals surface area contributed by atoms with Crippen molar-refractivity contribution >= 4 is 50.8 Å². The van der Waals surface area contributed by atoms with E-state index in [9.17, 15) is 13.2 Å². The SMILES string of the molecule is CC(=O)Nc1ccc(S(=O)(=O)Nc2ncn(Cc3ccc(Cl)c(Cl)c3)n2)cc1. The fourth-order valence-corrected chi connectivity index (χ4v) is 3.61. The summed E-state index contributed by atoms with van der Waals surface area (Å²) in [5.74, 6) is -0.309. The van der Waals surface area contributed by atoms with Gasteiger partial charge in [0, 0.05) is 12.6 Å². The van der Waals surface area contributed by atoms with E-state index >= 15 is 0 Å². The van der Waals surface area contributed by atoms with Crippen molar-refractivity contribution in [3.63, 3.8) is 0 Å². The Labute approximate surface area is 171 Å². The molecule has 1 aromatic heterocycles. The molecule has 8 nitrogen and oxygen atoms in total. The smallest absolute Gasteiger partial charge is 0.264 e. The molecule has 0 aliphatic carbocycles. The summed E-state index contributed by atoms with van der Waals surface area (Å²) in [6.45, 7) is 1.71. The van der Waals surface area contributed by atoms with Crippen LogP contribution < -0.4 is 10.0 Å². The van der Waals surface area contributed by atoms with Crippen LogP contribution in [0.5, 0.6) is 0 Å². The third kappa shape index (κ3) is 5.00. The van der Waals surface area contributed by atoms with Gasteiger partial charge in [0.15, 0.2) is 0 Å². The van der Waals surface area contributed by atoms with Gasteiger partial charge in [-0.15, -0.1) is 5.10 Å². The second-order valence-electron chi connectivity index (χ2n) is 5.83. The number of carbonyl (C=O) groups is 1. The van der Waals surface area contributed by atoms with Gasteiger partial charge in [-0.25, -0.2) is 17.8 Å². The number of nitrogens with zero attached hydrogens (tertiary/aromatic N) is 3. The van der Waals surface area contributed by atoms with Crippen molar-refractivity contribution in [2.24, 2.45) is 0 Å². The van der Waals surface area contributed by atoms with Gasteiger partial charge in [-0.2, -0.15) is 4.98 Å². The summed E-state index contributed by atoms with van der Waals surface area (Å²) in [5, 5.41) is 7.54. The first-order valence-corrected chi connectivity index (χ1v) is 10.2. The van der Waals surface area contributed by atoms with E-state index in [1.54, 1.807) is 18.2 Å². The van der Waals surface area contributed by atoms with Crippen LogP contribution in [0.3, 0.4) is 0 Å². The number of sulfonamides is 1. The lowest BCUT2D eigenvalue weighted by atomic mass is 10.2. The van der Waals surface area contributed by atoms with Gasteiger partial charge in [-0.1, -0.05) is 29.3 Å². The maximum atomic E-state index is 12.5. The third-order valence-electron chi connectivity index (χ3n) is 3.58. The van der Waals surface area contributed by atoms with Gasteiger partial charge < -0.3 is 5.32 Å². The highest BCUT2D eigenvalue weighted by molar-refractivity contribution is 7.92. The standard InChI is InChI=1S/C17H15Cl2N5O3S/c1-11(25)21-13-3-5-14(6-4-13)28(26,27)23-17-20-10-24(22-17)9-12-2-7-15(18)16(19)8-12/h2-8,10H,9H2,1H3,(H,21,25)(H,22,23). The van der Waals surface area contributed by atoms with Gasteiger partial charge in [-0.05, 0) is 42.0 Å². The molecule has 11 heteroatoms. The molecule has 0 fully saturated rings. The predicted molar refractivity (Wildman–Crippen MR) is 107 cm³/mol. The molecule has 0 spiro atoms. The molecule has 0 unspecified atom stereocenters. The molecule has 0 radical (unpaired) electrons. The quantitative estimate of drug-likeness (QED) is 0.611. The van der Waals surface area contributed by atoms with Crippen molar-refractivity contribution < 1.29 is 13.2 Å². The number of nitrogens with one attached hydrogen (secondary N) is 2. The van der Waals surface area contributed by atoms with Crippen molar-refractivity contribution in [3.8, 4) is 0 Å². The van der Waals surface area contributed by atoms with Crippen molar-refractivity contribution in [2.45, 2.75) is 18.4 Å². The molecule has 1 amide bonds. The molecule has 1 heterocycles. The minimum Gasteiger partial charge on any atom is -0.326 e. The van der Waals surface area contributed by atoms with E-state index in [4.69, 9.17) is 23.2 Å². The highest BCUT2D eigenvalue weighted by atomic mass is 35.5. The molecule has 2 aromatic carbocycles. The molecular formula is C17H15Cl2N5O3S. The number of aromatic nitrogens is 3. The predicted octanol–water partition coefficient (Wildman–Crippen LogP) is 3.39. The van der Waals surface area contributed by atoms with Crippen molar-refractivity contribution in [2.75, 3.05) is 10.0 Å². The van der Waals surface area contributed by atoms with Crippen molar-refractivity contribution in [1.82, 2.24) is 14.8 Å². The summed E-state index contributed by atoms with van der Waals surface area (Å²) in [4.78, 5) is 15.0. The topological polar surface area (TPSA) is 106 Å². The average Bonchev–Trinajstić information content (AvgIpc) is 3.04. The van der Waals surface area contributed by atoms with Crippen LogP contribution in [0.25, 0.3) is 0 Å². The van der Waals surface area contributed by atoms with E-state index in [-0.39, 0.29) is 16.8 Å². The first-order chi connectivity index (χ1) is 13.2. The van der Waals surface area contributed by atoms with Crippen molar-refractivity contribution in [3.05, 3.63) is 64.4 Å². The summed E-state index contributed by atoms with van der Waals surface area (Å²) in [6.07, 6.45) is 1.40. The maximum Gasteiger partial charge on any atom is 0.264 e. The normalized spacial score (nSPS) is 11.2. The Kier molecular flexibility index (Phi) is 5.87. The molecule has 0 aliphatic rings. The highest BCUT2D eigenvalue weighted by Gasteiger charge is 2.16. The molecular weight excluding hydrogens is 425 g/mol. The number of benzene rings is 2. The Balaban J connectivity index is 1.71. The monoisotopic (exact) mass is 439 g/mol. The molecule has 3 rings (SSSR count). The van der Waals surface area contributed by atoms with E-state index in [0.29, 0.717) is 22.3 Å². The number of hydrogen-bond acceptors (Lipinski definition) is 5. The molecule has 28 heavy (non-hydrogen) atoms. The van der Waals surface area contributed by atoms with Gasteiger partial charge in [-0.3, -0.25) is 4.79 Å². The van der Waals surface area contributed by atoms with Crippen LogP contribution in [0.2, 0.25) is 10.0 Å². The summed E-state index contributed by atoms with van der Waals surface area (Å²) in [7, 11) is -3.87. The molecule has 146 valence electrons. The van der Waals surface area contributed by atoms with Crippen LogP contribution >= 0.6 is 23.2 Å². The van der Waals surface area contributed by atoms with Crippen LogP contribution in [0.15, 0.2) is 53.7 Å². The van der Waals surface area contributed by atoms with Gasteiger partial charge in [0.2, 0.25) is 5.91 Å². The summed E-state index contributed by atoms with van der Waals surface area (Å²) < 4.78 is 28.7. The summed E-state index contributed by atoms with van der Waals surface area (Å²) >= 11 is 11.9. The molecule has 3 aromatic rings. The second kappa shape index (κ2) is 8.17. The van der Waals surface area contributed by atoms with E-state index in [2.05, 4.69) is 20.1 Å². The van der Waals surface area contributed by atoms with Crippen molar-refractivity contribution in [1.29, 1.82) is 0 Å². The van der Waals surface area contributed by atoms with Crippen LogP contribution in [0.1, 0.15) is 12.5 Å². The third-order valence-corrected chi connectivity index (χ3v) is 5.66. The van der Waals surface area contributed by atoms with Gasteiger partial charge in [0.05, 0.1) is 21.5 Å². The molecule has 0 saturated heterocycles. The van der Waals surface area contributed by atoms with Crippen LogP contribution in [-0.2, 0) is 21.4 Å². The van der Waals surface area contributed by atoms with Crippen LogP contribution in [0.4, 0.5) is 11.6 Å². The lowest BCUT2D eigenvalue weighted by Gasteiger charge is -2.06. The largest absolute Gasteiger partial charge is 0.326 e. The Morgan fingerprint density at radius 3 is 2.46 bits per heavy atom. The lowest BCUT2D eigenvalue weighted by molar-refractivity contribution is -0.114. The fourth-order valence-electron chi connectivity index (χ4n) is 2.34. The van der Waals surface area contributed by atoms with Crippen LogP contribution in [0, 0.1) is 0 Å². The summed E-state index contributed by atoms with van der Waals surface area (Å²) in [5.41, 5.74) is 1.33. The first-order valence-electron chi connectivity index (χ1n) is 7.97. The van der Waals surface area contributed by atoms with Gasteiger partial charge in [0.25, 0.3) is 16.0 Å². The summed E-state index contributed by atoms with van der Waals surface area (Å²) in [6, 6.07) is 10.9. The molecule has 0 atom stereocenters. The zero-order chi connectivity index (χ0) is 20.3. The minimum atomic E-state index is -3.87. The average molecular weight is 440 g/mol.